The first kappa shape index (κ1) is 16.7. The Kier molecular flexibility index (Phi) is 5.77. The summed E-state index contributed by atoms with van der Waals surface area (Å²) in [6.45, 7) is 8.32. The van der Waals surface area contributed by atoms with E-state index < -0.39 is 0 Å². The molecule has 0 radical (unpaired) electrons. The first-order valence-electron chi connectivity index (χ1n) is 7.86. The van der Waals surface area contributed by atoms with E-state index in [1.165, 1.54) is 11.3 Å². The molecule has 0 aliphatic rings. The van der Waals surface area contributed by atoms with Crippen molar-refractivity contribution in [3.63, 3.8) is 0 Å². The molecule has 5 heteroatoms. The van der Waals surface area contributed by atoms with E-state index in [-0.39, 0.29) is 17.9 Å². The van der Waals surface area contributed by atoms with Crippen molar-refractivity contribution >= 4 is 17.2 Å². The molecule has 2 heterocycles. The highest BCUT2D eigenvalue weighted by atomic mass is 32.1. The second-order valence-corrected chi connectivity index (χ2v) is 6.74. The monoisotopic (exact) mass is 320 g/mol. The van der Waals surface area contributed by atoms with Crippen LogP contribution in [0.25, 0.3) is 0 Å². The van der Waals surface area contributed by atoms with Crippen LogP contribution >= 0.6 is 11.3 Å². The number of carbonyl (C=O) groups is 1. The summed E-state index contributed by atoms with van der Waals surface area (Å²) < 4.78 is 5.36. The molecule has 1 unspecified atom stereocenters. The molecule has 0 bridgehead atoms. The van der Waals surface area contributed by atoms with Crippen LogP contribution in [0.2, 0.25) is 0 Å². The van der Waals surface area contributed by atoms with Gasteiger partial charge in [-0.2, -0.15) is 0 Å². The van der Waals surface area contributed by atoms with Crippen LogP contribution in [0, 0.1) is 5.92 Å². The topological polar surface area (TPSA) is 55.1 Å². The van der Waals surface area contributed by atoms with Crippen LogP contribution in [0.4, 0.5) is 0 Å². The summed E-state index contributed by atoms with van der Waals surface area (Å²) in [5.41, 5.74) is 0.405. The molecule has 22 heavy (non-hydrogen) atoms. The van der Waals surface area contributed by atoms with Gasteiger partial charge in [-0.25, -0.2) is 4.98 Å². The molecule has 1 amide bonds. The van der Waals surface area contributed by atoms with Crippen LogP contribution in [-0.2, 0) is 0 Å². The smallest absolute Gasteiger partial charge is 0.274 e. The van der Waals surface area contributed by atoms with Gasteiger partial charge in [0.25, 0.3) is 5.91 Å². The number of oxazole rings is 1. The number of nitrogens with one attached hydrogen (secondary N) is 1. The maximum atomic E-state index is 12.6. The van der Waals surface area contributed by atoms with Gasteiger partial charge < -0.3 is 9.73 Å². The van der Waals surface area contributed by atoms with E-state index in [1.54, 1.807) is 11.3 Å². The molecule has 0 saturated carbocycles. The SMILES string of the molecule is CCC(CC)C(NC(=O)c1ncoc1C(C)C)c1cccs1. The quantitative estimate of drug-likeness (QED) is 0.799. The Morgan fingerprint density at radius 3 is 2.64 bits per heavy atom. The Hall–Kier alpha value is -1.62. The average Bonchev–Trinajstić information content (AvgIpc) is 3.18. The lowest BCUT2D eigenvalue weighted by Gasteiger charge is -2.25. The van der Waals surface area contributed by atoms with Gasteiger partial charge >= 0.3 is 0 Å². The maximum Gasteiger partial charge on any atom is 0.274 e. The molecule has 0 aromatic carbocycles. The van der Waals surface area contributed by atoms with Crippen LogP contribution in [0.3, 0.4) is 0 Å². The molecule has 0 spiro atoms. The van der Waals surface area contributed by atoms with E-state index in [9.17, 15) is 4.79 Å². The van der Waals surface area contributed by atoms with Gasteiger partial charge in [0, 0.05) is 10.8 Å². The molecule has 1 N–H and O–H groups in total. The molecule has 120 valence electrons. The van der Waals surface area contributed by atoms with Crippen LogP contribution in [0.5, 0.6) is 0 Å². The van der Waals surface area contributed by atoms with Crippen LogP contribution in [-0.4, -0.2) is 10.9 Å². The number of hydrogen-bond acceptors (Lipinski definition) is 4. The van der Waals surface area contributed by atoms with Gasteiger partial charge in [-0.15, -0.1) is 11.3 Å². The predicted molar refractivity (Wildman–Crippen MR) is 89.2 cm³/mol. The fraction of sp³-hybridized carbons (Fsp3) is 0.529. The van der Waals surface area contributed by atoms with Gasteiger partial charge in [-0.1, -0.05) is 46.6 Å². The first-order chi connectivity index (χ1) is 10.6. The Balaban J connectivity index is 2.23. The van der Waals surface area contributed by atoms with Crippen LogP contribution < -0.4 is 5.32 Å². The van der Waals surface area contributed by atoms with Gasteiger partial charge in [-0.3, -0.25) is 4.79 Å². The van der Waals surface area contributed by atoms with E-state index in [0.29, 0.717) is 17.4 Å². The second kappa shape index (κ2) is 7.58. The molecule has 0 saturated heterocycles. The van der Waals surface area contributed by atoms with Crippen molar-refractivity contribution < 1.29 is 9.21 Å². The van der Waals surface area contributed by atoms with Crippen LogP contribution in [0.1, 0.15) is 73.6 Å². The lowest BCUT2D eigenvalue weighted by Crippen LogP contribution is -2.33. The fourth-order valence-corrected chi connectivity index (χ4v) is 3.56. The third-order valence-corrected chi connectivity index (χ3v) is 4.95. The van der Waals surface area contributed by atoms with Crippen molar-refractivity contribution in [3.05, 3.63) is 40.2 Å². The van der Waals surface area contributed by atoms with Crippen molar-refractivity contribution in [2.45, 2.75) is 52.5 Å². The van der Waals surface area contributed by atoms with Gasteiger partial charge in [-0.05, 0) is 17.4 Å². The largest absolute Gasteiger partial charge is 0.447 e. The zero-order chi connectivity index (χ0) is 16.1. The number of amides is 1. The van der Waals surface area contributed by atoms with Crippen molar-refractivity contribution in [3.8, 4) is 0 Å². The Bertz CT molecular complexity index is 586. The summed E-state index contributed by atoms with van der Waals surface area (Å²) in [7, 11) is 0. The normalized spacial score (nSPS) is 12.8. The Morgan fingerprint density at radius 1 is 1.36 bits per heavy atom. The molecule has 0 aliphatic carbocycles. The maximum absolute atomic E-state index is 12.6. The highest BCUT2D eigenvalue weighted by Gasteiger charge is 2.27. The Labute approximate surface area is 136 Å². The number of carbonyl (C=O) groups excluding carboxylic acids is 1. The average molecular weight is 320 g/mol. The number of thiophene rings is 1. The lowest BCUT2D eigenvalue weighted by atomic mass is 9.92. The predicted octanol–water partition coefficient (Wildman–Crippen LogP) is 4.77. The highest BCUT2D eigenvalue weighted by Crippen LogP contribution is 2.31. The number of rotatable bonds is 7. The van der Waals surface area contributed by atoms with Gasteiger partial charge in [0.1, 0.15) is 5.76 Å². The van der Waals surface area contributed by atoms with Gasteiger partial charge in [0.2, 0.25) is 0 Å². The minimum atomic E-state index is -0.150. The zero-order valence-corrected chi connectivity index (χ0v) is 14.4. The van der Waals surface area contributed by atoms with E-state index in [2.05, 4.69) is 30.2 Å². The van der Waals surface area contributed by atoms with Crippen LogP contribution in [0.15, 0.2) is 28.3 Å². The summed E-state index contributed by atoms with van der Waals surface area (Å²) in [5.74, 6) is 1.04. The van der Waals surface area contributed by atoms with E-state index in [1.807, 2.05) is 25.3 Å². The standard InChI is InChI=1S/C17H24N2O2S/c1-5-12(6-2)14(13-8-7-9-22-13)19-17(20)15-16(11(3)4)21-10-18-15/h7-12,14H,5-6H2,1-4H3,(H,19,20). The van der Waals surface area contributed by atoms with Gasteiger partial charge in [0.05, 0.1) is 6.04 Å². The van der Waals surface area contributed by atoms with Crippen molar-refractivity contribution in [2.24, 2.45) is 5.92 Å². The fourth-order valence-electron chi connectivity index (χ4n) is 2.69. The van der Waals surface area contributed by atoms with E-state index in [0.717, 1.165) is 12.8 Å². The van der Waals surface area contributed by atoms with Crippen molar-refractivity contribution in [2.75, 3.05) is 0 Å². The molecule has 1 atom stereocenters. The summed E-state index contributed by atoms with van der Waals surface area (Å²) in [6.07, 6.45) is 3.39. The van der Waals surface area contributed by atoms with E-state index in [4.69, 9.17) is 4.42 Å². The molecule has 2 aromatic rings. The summed E-state index contributed by atoms with van der Waals surface area (Å²) in [5, 5.41) is 5.22. The minimum Gasteiger partial charge on any atom is -0.447 e. The van der Waals surface area contributed by atoms with Crippen molar-refractivity contribution in [1.29, 1.82) is 0 Å². The molecule has 2 rings (SSSR count). The molecular weight excluding hydrogens is 296 g/mol. The number of hydrogen-bond donors (Lipinski definition) is 1. The third kappa shape index (κ3) is 3.58. The molecule has 0 aliphatic heterocycles. The first-order valence-corrected chi connectivity index (χ1v) is 8.74. The van der Waals surface area contributed by atoms with Crippen molar-refractivity contribution in [1.82, 2.24) is 10.3 Å². The summed E-state index contributed by atoms with van der Waals surface area (Å²) in [4.78, 5) is 17.9. The highest BCUT2D eigenvalue weighted by molar-refractivity contribution is 7.10. The zero-order valence-electron chi connectivity index (χ0n) is 13.6. The summed E-state index contributed by atoms with van der Waals surface area (Å²) >= 11 is 1.68. The Morgan fingerprint density at radius 2 is 2.09 bits per heavy atom. The summed E-state index contributed by atoms with van der Waals surface area (Å²) in [6, 6.07) is 4.14. The number of nitrogens with zero attached hydrogens (tertiary/aromatic N) is 1. The molecule has 4 nitrogen and oxygen atoms in total. The van der Waals surface area contributed by atoms with Gasteiger partial charge in [0.15, 0.2) is 12.1 Å². The molecular formula is C17H24N2O2S. The van der Waals surface area contributed by atoms with E-state index >= 15 is 0 Å². The number of aromatic nitrogens is 1. The second-order valence-electron chi connectivity index (χ2n) is 5.76. The molecule has 2 aromatic heterocycles. The third-order valence-electron chi connectivity index (χ3n) is 3.99. The minimum absolute atomic E-state index is 0.0270. The lowest BCUT2D eigenvalue weighted by molar-refractivity contribution is 0.0913. The molecule has 0 fully saturated rings.